The normalized spacial score (nSPS) is 11.1. The minimum atomic E-state index is -0.197. The minimum absolute atomic E-state index is 0.197. The van der Waals surface area contributed by atoms with Crippen molar-refractivity contribution < 1.29 is 4.79 Å². The number of para-hydroxylation sites is 1. The Morgan fingerprint density at radius 1 is 0.743 bits per heavy atom. The third kappa shape index (κ3) is 3.96. The summed E-state index contributed by atoms with van der Waals surface area (Å²) in [5.74, 6) is -0.197. The molecule has 35 heavy (non-hydrogen) atoms. The van der Waals surface area contributed by atoms with Crippen LogP contribution in [0.2, 0.25) is 0 Å². The second-order valence-electron chi connectivity index (χ2n) is 8.41. The van der Waals surface area contributed by atoms with Gasteiger partial charge in [-0.05, 0) is 35.4 Å². The molecule has 4 nitrogen and oxygen atoms in total. The van der Waals surface area contributed by atoms with E-state index in [2.05, 4.69) is 42.6 Å². The Balaban J connectivity index is 1.37. The zero-order valence-corrected chi connectivity index (χ0v) is 19.8. The molecule has 1 amide bonds. The Bertz CT molecular complexity index is 1710. The number of aromatic nitrogens is 2. The van der Waals surface area contributed by atoms with Crippen molar-refractivity contribution in [2.75, 3.05) is 5.32 Å². The van der Waals surface area contributed by atoms with Gasteiger partial charge < -0.3 is 0 Å². The first kappa shape index (κ1) is 21.2. The number of hydrogen-bond donors (Lipinski definition) is 1. The maximum Gasteiger partial charge on any atom is 0.258 e. The molecule has 2 aromatic heterocycles. The molecule has 6 rings (SSSR count). The number of thiazole rings is 1. The van der Waals surface area contributed by atoms with Gasteiger partial charge in [0.05, 0.1) is 22.5 Å². The third-order valence-corrected chi connectivity index (χ3v) is 6.93. The topological polar surface area (TPSA) is 54.9 Å². The van der Waals surface area contributed by atoms with Crippen LogP contribution in [0.5, 0.6) is 0 Å². The van der Waals surface area contributed by atoms with Crippen LogP contribution in [0.4, 0.5) is 5.13 Å². The lowest BCUT2D eigenvalue weighted by molar-refractivity contribution is 0.102. The molecule has 0 aliphatic heterocycles. The molecule has 5 heteroatoms. The molecule has 0 unspecified atom stereocenters. The number of nitrogens with one attached hydrogen (secondary N) is 1. The smallest absolute Gasteiger partial charge is 0.258 e. The van der Waals surface area contributed by atoms with Crippen molar-refractivity contribution in [1.82, 2.24) is 9.97 Å². The van der Waals surface area contributed by atoms with E-state index >= 15 is 0 Å². The van der Waals surface area contributed by atoms with Crippen molar-refractivity contribution >= 4 is 44.1 Å². The largest absolute Gasteiger partial charge is 0.298 e. The highest BCUT2D eigenvalue weighted by Crippen LogP contribution is 2.32. The van der Waals surface area contributed by atoms with Crippen LogP contribution >= 0.6 is 11.3 Å². The van der Waals surface area contributed by atoms with E-state index in [0.717, 1.165) is 49.8 Å². The van der Waals surface area contributed by atoms with E-state index in [9.17, 15) is 4.79 Å². The quantitative estimate of drug-likeness (QED) is 0.286. The summed E-state index contributed by atoms with van der Waals surface area (Å²) in [7, 11) is 0. The predicted octanol–water partition coefficient (Wildman–Crippen LogP) is 7.74. The van der Waals surface area contributed by atoms with E-state index < -0.39 is 0 Å². The van der Waals surface area contributed by atoms with Crippen LogP contribution in [0.3, 0.4) is 0 Å². The first-order chi connectivity index (χ1) is 17.2. The number of amides is 1. The summed E-state index contributed by atoms with van der Waals surface area (Å²) in [4.78, 5) is 23.1. The molecule has 0 spiro atoms. The average Bonchev–Trinajstić information content (AvgIpc) is 3.36. The Kier molecular flexibility index (Phi) is 5.32. The van der Waals surface area contributed by atoms with Gasteiger partial charge in [0, 0.05) is 21.9 Å². The van der Waals surface area contributed by atoms with Crippen molar-refractivity contribution in [1.29, 1.82) is 0 Å². The second-order valence-corrected chi connectivity index (χ2v) is 9.26. The summed E-state index contributed by atoms with van der Waals surface area (Å²) in [5.41, 5.74) is 6.17. The molecular formula is C30H21N3OS. The Hall–Kier alpha value is -4.35. The van der Waals surface area contributed by atoms with Crippen LogP contribution < -0.4 is 5.32 Å². The van der Waals surface area contributed by atoms with Crippen molar-refractivity contribution in [3.8, 4) is 22.5 Å². The van der Waals surface area contributed by atoms with Crippen LogP contribution in [-0.2, 0) is 0 Å². The standard InChI is InChI=1S/C30H21N3OS/c1-19-9-2-4-12-21(19)27-17-25(24-14-6-7-16-26(24)31-27)29(34)33-30-32-28(18-35-30)23-15-8-11-20-10-3-5-13-22(20)23/h2-18H,1H3,(H,32,33,34). The Morgan fingerprint density at radius 3 is 2.34 bits per heavy atom. The molecule has 4 aromatic carbocycles. The highest BCUT2D eigenvalue weighted by molar-refractivity contribution is 7.14. The molecule has 0 saturated heterocycles. The molecule has 0 radical (unpaired) electrons. The van der Waals surface area contributed by atoms with Gasteiger partial charge in [0.1, 0.15) is 0 Å². The van der Waals surface area contributed by atoms with Gasteiger partial charge in [0.15, 0.2) is 5.13 Å². The van der Waals surface area contributed by atoms with Crippen LogP contribution in [-0.4, -0.2) is 15.9 Å². The van der Waals surface area contributed by atoms with E-state index in [4.69, 9.17) is 9.97 Å². The van der Waals surface area contributed by atoms with Crippen LogP contribution in [0.1, 0.15) is 15.9 Å². The number of rotatable bonds is 4. The van der Waals surface area contributed by atoms with Gasteiger partial charge in [-0.2, -0.15) is 0 Å². The maximum absolute atomic E-state index is 13.5. The number of hydrogen-bond acceptors (Lipinski definition) is 4. The van der Waals surface area contributed by atoms with E-state index in [0.29, 0.717) is 10.7 Å². The number of anilines is 1. The number of fused-ring (bicyclic) bond motifs is 2. The molecule has 0 atom stereocenters. The van der Waals surface area contributed by atoms with Gasteiger partial charge in [-0.1, -0.05) is 84.9 Å². The summed E-state index contributed by atoms with van der Waals surface area (Å²) < 4.78 is 0. The number of carbonyl (C=O) groups excluding carboxylic acids is 1. The van der Waals surface area contributed by atoms with Crippen LogP contribution in [0.25, 0.3) is 44.2 Å². The highest BCUT2D eigenvalue weighted by Gasteiger charge is 2.17. The molecule has 0 saturated carbocycles. The zero-order valence-electron chi connectivity index (χ0n) is 19.0. The first-order valence-electron chi connectivity index (χ1n) is 11.4. The van der Waals surface area contributed by atoms with Gasteiger partial charge in [0.2, 0.25) is 0 Å². The molecule has 0 bridgehead atoms. The van der Waals surface area contributed by atoms with Gasteiger partial charge in [-0.3, -0.25) is 10.1 Å². The van der Waals surface area contributed by atoms with Crippen molar-refractivity contribution in [3.63, 3.8) is 0 Å². The minimum Gasteiger partial charge on any atom is -0.298 e. The Labute approximate surface area is 206 Å². The molecule has 0 fully saturated rings. The fourth-order valence-electron chi connectivity index (χ4n) is 4.43. The highest BCUT2D eigenvalue weighted by atomic mass is 32.1. The molecule has 6 aromatic rings. The Morgan fingerprint density at radius 2 is 1.46 bits per heavy atom. The van der Waals surface area contributed by atoms with Gasteiger partial charge in [-0.25, -0.2) is 9.97 Å². The van der Waals surface area contributed by atoms with Crippen molar-refractivity contribution in [2.24, 2.45) is 0 Å². The van der Waals surface area contributed by atoms with Crippen molar-refractivity contribution in [2.45, 2.75) is 6.92 Å². The summed E-state index contributed by atoms with van der Waals surface area (Å²) in [5, 5.41) is 8.69. The average molecular weight is 472 g/mol. The van der Waals surface area contributed by atoms with Gasteiger partial charge in [0.25, 0.3) is 5.91 Å². The van der Waals surface area contributed by atoms with E-state index in [1.54, 1.807) is 0 Å². The van der Waals surface area contributed by atoms with E-state index in [1.807, 2.05) is 72.1 Å². The molecule has 168 valence electrons. The maximum atomic E-state index is 13.5. The molecule has 2 heterocycles. The van der Waals surface area contributed by atoms with Gasteiger partial charge >= 0.3 is 0 Å². The van der Waals surface area contributed by atoms with Crippen LogP contribution in [0.15, 0.2) is 102 Å². The lowest BCUT2D eigenvalue weighted by atomic mass is 10.0. The SMILES string of the molecule is Cc1ccccc1-c1cc(C(=O)Nc2nc(-c3cccc4ccccc34)cs2)c2ccccc2n1. The fraction of sp³-hybridized carbons (Fsp3) is 0.0333. The zero-order chi connectivity index (χ0) is 23.8. The monoisotopic (exact) mass is 471 g/mol. The van der Waals surface area contributed by atoms with E-state index in [-0.39, 0.29) is 5.91 Å². The molecule has 0 aliphatic carbocycles. The number of aryl methyl sites for hydroxylation is 1. The molecule has 0 aliphatic rings. The summed E-state index contributed by atoms with van der Waals surface area (Å²) in [6.45, 7) is 2.05. The van der Waals surface area contributed by atoms with Crippen LogP contribution in [0, 0.1) is 6.92 Å². The molecular weight excluding hydrogens is 450 g/mol. The summed E-state index contributed by atoms with van der Waals surface area (Å²) in [6, 6.07) is 32.1. The predicted molar refractivity (Wildman–Crippen MR) is 145 cm³/mol. The second kappa shape index (κ2) is 8.78. The van der Waals surface area contributed by atoms with Gasteiger partial charge in [-0.15, -0.1) is 11.3 Å². The number of nitrogens with zero attached hydrogens (tertiary/aromatic N) is 2. The third-order valence-electron chi connectivity index (χ3n) is 6.17. The number of carbonyl (C=O) groups is 1. The number of benzene rings is 4. The first-order valence-corrected chi connectivity index (χ1v) is 12.3. The lowest BCUT2D eigenvalue weighted by Gasteiger charge is -2.11. The summed E-state index contributed by atoms with van der Waals surface area (Å²) in [6.07, 6.45) is 0. The lowest BCUT2D eigenvalue weighted by Crippen LogP contribution is -2.13. The number of pyridine rings is 1. The van der Waals surface area contributed by atoms with E-state index in [1.165, 1.54) is 11.3 Å². The molecule has 1 N–H and O–H groups in total. The fourth-order valence-corrected chi connectivity index (χ4v) is 5.14. The summed E-state index contributed by atoms with van der Waals surface area (Å²) >= 11 is 1.43. The van der Waals surface area contributed by atoms with Crippen molar-refractivity contribution in [3.05, 3.63) is 114 Å².